The van der Waals surface area contributed by atoms with Crippen LogP contribution < -0.4 is 5.32 Å². The van der Waals surface area contributed by atoms with Gasteiger partial charge >= 0.3 is 0 Å². The fourth-order valence-electron chi connectivity index (χ4n) is 2.62. The van der Waals surface area contributed by atoms with Gasteiger partial charge in [0.05, 0.1) is 0 Å². The Hall–Kier alpha value is -1.84. The molecule has 1 aromatic carbocycles. The third kappa shape index (κ3) is 3.18. The quantitative estimate of drug-likeness (QED) is 0.913. The number of hydrogen-bond donors (Lipinski definition) is 1. The lowest BCUT2D eigenvalue weighted by Gasteiger charge is -2.27. The van der Waals surface area contributed by atoms with Crippen molar-refractivity contribution in [2.24, 2.45) is 0 Å². The van der Waals surface area contributed by atoms with Gasteiger partial charge in [0.15, 0.2) is 0 Å². The molecule has 0 unspecified atom stereocenters. The van der Waals surface area contributed by atoms with Crippen molar-refractivity contribution in [2.45, 2.75) is 52.2 Å². The Morgan fingerprint density at radius 2 is 2.00 bits per heavy atom. The number of amides is 2. The van der Waals surface area contributed by atoms with E-state index in [-0.39, 0.29) is 23.9 Å². The van der Waals surface area contributed by atoms with E-state index in [4.69, 9.17) is 0 Å². The molecule has 1 aliphatic rings. The van der Waals surface area contributed by atoms with Crippen molar-refractivity contribution in [3.8, 4) is 0 Å². The first-order valence-electron chi connectivity index (χ1n) is 7.13. The minimum atomic E-state index is -0.312. The maximum atomic E-state index is 12.2. The van der Waals surface area contributed by atoms with Crippen molar-refractivity contribution in [2.75, 3.05) is 0 Å². The highest BCUT2D eigenvalue weighted by molar-refractivity contribution is 5.91. The highest BCUT2D eigenvalue weighted by Crippen LogP contribution is 2.21. The molecule has 1 atom stereocenters. The zero-order chi connectivity index (χ0) is 14.7. The number of likely N-dealkylation sites (tertiary alicyclic amines) is 1. The van der Waals surface area contributed by atoms with E-state index in [1.165, 1.54) is 5.56 Å². The van der Waals surface area contributed by atoms with Gasteiger partial charge in [-0.2, -0.15) is 0 Å². The van der Waals surface area contributed by atoms with E-state index in [2.05, 4.69) is 5.32 Å². The SMILES string of the molecule is Cc1ccc(CNC(=O)[C@@H]2CCC(=O)N2C(C)C)cc1. The van der Waals surface area contributed by atoms with Crippen LogP contribution in [0.25, 0.3) is 0 Å². The Morgan fingerprint density at radius 3 is 2.60 bits per heavy atom. The molecule has 0 spiro atoms. The topological polar surface area (TPSA) is 49.4 Å². The summed E-state index contributed by atoms with van der Waals surface area (Å²) in [4.78, 5) is 25.7. The van der Waals surface area contributed by atoms with E-state index in [1.54, 1.807) is 4.90 Å². The van der Waals surface area contributed by atoms with E-state index in [0.29, 0.717) is 19.4 Å². The highest BCUT2D eigenvalue weighted by Gasteiger charge is 2.37. The molecule has 4 heteroatoms. The summed E-state index contributed by atoms with van der Waals surface area (Å²) in [5.41, 5.74) is 2.27. The van der Waals surface area contributed by atoms with Crippen LogP contribution in [-0.4, -0.2) is 28.8 Å². The zero-order valence-electron chi connectivity index (χ0n) is 12.3. The first kappa shape index (κ1) is 14.6. The van der Waals surface area contributed by atoms with E-state index in [0.717, 1.165) is 5.56 Å². The van der Waals surface area contributed by atoms with Crippen LogP contribution in [0.5, 0.6) is 0 Å². The van der Waals surface area contributed by atoms with Crippen LogP contribution in [0, 0.1) is 6.92 Å². The van der Waals surface area contributed by atoms with Gasteiger partial charge in [0.25, 0.3) is 0 Å². The lowest BCUT2D eigenvalue weighted by atomic mass is 10.1. The molecular weight excluding hydrogens is 252 g/mol. The molecule has 1 aliphatic heterocycles. The predicted molar refractivity (Wildman–Crippen MR) is 78.0 cm³/mol. The van der Waals surface area contributed by atoms with Gasteiger partial charge in [-0.25, -0.2) is 0 Å². The molecule has 2 rings (SSSR count). The second kappa shape index (κ2) is 6.07. The van der Waals surface area contributed by atoms with E-state index in [9.17, 15) is 9.59 Å². The van der Waals surface area contributed by atoms with Crippen LogP contribution in [0.4, 0.5) is 0 Å². The van der Waals surface area contributed by atoms with Crippen molar-refractivity contribution in [3.05, 3.63) is 35.4 Å². The van der Waals surface area contributed by atoms with Crippen LogP contribution in [0.3, 0.4) is 0 Å². The van der Waals surface area contributed by atoms with Crippen molar-refractivity contribution >= 4 is 11.8 Å². The fourth-order valence-corrected chi connectivity index (χ4v) is 2.62. The molecule has 2 amide bonds. The Morgan fingerprint density at radius 1 is 1.35 bits per heavy atom. The summed E-state index contributed by atoms with van der Waals surface area (Å²) >= 11 is 0. The van der Waals surface area contributed by atoms with Crippen molar-refractivity contribution in [3.63, 3.8) is 0 Å². The van der Waals surface area contributed by atoms with Gasteiger partial charge in [-0.05, 0) is 32.8 Å². The van der Waals surface area contributed by atoms with E-state index < -0.39 is 0 Å². The molecule has 0 saturated carbocycles. The van der Waals surface area contributed by atoms with Crippen LogP contribution in [0.1, 0.15) is 37.8 Å². The molecule has 1 saturated heterocycles. The Balaban J connectivity index is 1.94. The third-order valence-electron chi connectivity index (χ3n) is 3.70. The Labute approximate surface area is 120 Å². The number of carbonyl (C=O) groups is 2. The Bertz CT molecular complexity index is 494. The van der Waals surface area contributed by atoms with Gasteiger partial charge in [0.2, 0.25) is 11.8 Å². The van der Waals surface area contributed by atoms with Gasteiger partial charge in [-0.15, -0.1) is 0 Å². The number of hydrogen-bond acceptors (Lipinski definition) is 2. The monoisotopic (exact) mass is 274 g/mol. The Kier molecular flexibility index (Phi) is 4.42. The average Bonchev–Trinajstić information content (AvgIpc) is 2.80. The van der Waals surface area contributed by atoms with Crippen molar-refractivity contribution in [1.82, 2.24) is 10.2 Å². The lowest BCUT2D eigenvalue weighted by molar-refractivity contribution is -0.137. The van der Waals surface area contributed by atoms with Crippen LogP contribution >= 0.6 is 0 Å². The third-order valence-corrected chi connectivity index (χ3v) is 3.70. The predicted octanol–water partition coefficient (Wildman–Crippen LogP) is 2.01. The maximum Gasteiger partial charge on any atom is 0.243 e. The molecule has 1 N–H and O–H groups in total. The number of benzene rings is 1. The molecule has 108 valence electrons. The number of aryl methyl sites for hydroxylation is 1. The first-order valence-corrected chi connectivity index (χ1v) is 7.13. The molecule has 0 aliphatic carbocycles. The molecule has 0 bridgehead atoms. The molecule has 0 aromatic heterocycles. The van der Waals surface area contributed by atoms with Crippen molar-refractivity contribution < 1.29 is 9.59 Å². The highest BCUT2D eigenvalue weighted by atomic mass is 16.2. The van der Waals surface area contributed by atoms with Crippen LogP contribution in [0.2, 0.25) is 0 Å². The number of nitrogens with zero attached hydrogens (tertiary/aromatic N) is 1. The molecule has 20 heavy (non-hydrogen) atoms. The summed E-state index contributed by atoms with van der Waals surface area (Å²) in [5, 5.41) is 2.93. The average molecular weight is 274 g/mol. The minimum absolute atomic E-state index is 0.0508. The number of nitrogens with one attached hydrogen (secondary N) is 1. The summed E-state index contributed by atoms with van der Waals surface area (Å²) in [6, 6.07) is 7.83. The molecule has 0 radical (unpaired) electrons. The first-order chi connectivity index (χ1) is 9.49. The lowest BCUT2D eigenvalue weighted by Crippen LogP contribution is -2.47. The van der Waals surface area contributed by atoms with Gasteiger partial charge in [-0.3, -0.25) is 9.59 Å². The van der Waals surface area contributed by atoms with E-state index in [1.807, 2.05) is 45.0 Å². The molecule has 1 heterocycles. The van der Waals surface area contributed by atoms with Crippen LogP contribution in [-0.2, 0) is 16.1 Å². The van der Waals surface area contributed by atoms with Crippen LogP contribution in [0.15, 0.2) is 24.3 Å². The normalized spacial score (nSPS) is 18.7. The van der Waals surface area contributed by atoms with Gasteiger partial charge in [0.1, 0.15) is 6.04 Å². The van der Waals surface area contributed by atoms with Crippen molar-refractivity contribution in [1.29, 1.82) is 0 Å². The molecule has 1 fully saturated rings. The fraction of sp³-hybridized carbons (Fsp3) is 0.500. The largest absolute Gasteiger partial charge is 0.350 e. The molecule has 4 nitrogen and oxygen atoms in total. The zero-order valence-corrected chi connectivity index (χ0v) is 12.3. The molecule has 1 aromatic rings. The van der Waals surface area contributed by atoms with E-state index >= 15 is 0 Å². The maximum absolute atomic E-state index is 12.2. The number of carbonyl (C=O) groups excluding carboxylic acids is 2. The second-order valence-corrected chi connectivity index (χ2v) is 5.65. The summed E-state index contributed by atoms with van der Waals surface area (Å²) in [5.74, 6) is 0.0283. The summed E-state index contributed by atoms with van der Waals surface area (Å²) < 4.78 is 0. The smallest absolute Gasteiger partial charge is 0.243 e. The second-order valence-electron chi connectivity index (χ2n) is 5.65. The van der Waals surface area contributed by atoms with Gasteiger partial charge in [-0.1, -0.05) is 29.8 Å². The summed E-state index contributed by atoms with van der Waals surface area (Å²) in [6.07, 6.45) is 1.09. The van der Waals surface area contributed by atoms with Gasteiger partial charge in [0, 0.05) is 19.0 Å². The standard InChI is InChI=1S/C16H22N2O2/c1-11(2)18-14(8-9-15(18)19)16(20)17-10-13-6-4-12(3)5-7-13/h4-7,11,14H,8-10H2,1-3H3,(H,17,20)/t14-/m0/s1. The summed E-state index contributed by atoms with van der Waals surface area (Å²) in [6.45, 7) is 6.44. The molecular formula is C16H22N2O2. The van der Waals surface area contributed by atoms with Gasteiger partial charge < -0.3 is 10.2 Å². The summed E-state index contributed by atoms with van der Waals surface area (Å²) in [7, 11) is 0. The minimum Gasteiger partial charge on any atom is -0.350 e. The number of rotatable bonds is 4.